The molecule has 0 saturated heterocycles. The van der Waals surface area contributed by atoms with Crippen LogP contribution in [0.1, 0.15) is 25.6 Å². The Morgan fingerprint density at radius 2 is 2.05 bits per heavy atom. The van der Waals surface area contributed by atoms with Gasteiger partial charge in [-0.05, 0) is 46.1 Å². The average Bonchev–Trinajstić information content (AvgIpc) is 2.89. The molecule has 0 unspecified atom stereocenters. The first-order chi connectivity index (χ1) is 9.65. The molecule has 5 heteroatoms. The number of fused-ring (bicyclic) bond motifs is 1. The molecule has 2 heterocycles. The van der Waals surface area contributed by atoms with Gasteiger partial charge in [-0.25, -0.2) is 0 Å². The third-order valence-electron chi connectivity index (χ3n) is 3.37. The van der Waals surface area contributed by atoms with Crippen LogP contribution in [0.3, 0.4) is 0 Å². The summed E-state index contributed by atoms with van der Waals surface area (Å²) in [5, 5.41) is 0. The lowest BCUT2D eigenvalue weighted by Crippen LogP contribution is -2.40. The Bertz CT molecular complexity index is 680. The van der Waals surface area contributed by atoms with Gasteiger partial charge in [0.05, 0.1) is 15.2 Å². The second-order valence-corrected chi connectivity index (χ2v) is 7.12. The van der Waals surface area contributed by atoms with Crippen LogP contribution in [-0.4, -0.2) is 29.7 Å². The Labute approximate surface area is 129 Å². The number of hydrogen-bond acceptors (Lipinski definition) is 3. The third kappa shape index (κ3) is 2.55. The Morgan fingerprint density at radius 1 is 1.25 bits per heavy atom. The number of carbonyl (C=O) groups is 2. The fourth-order valence-corrected chi connectivity index (χ4v) is 3.66. The summed E-state index contributed by atoms with van der Waals surface area (Å²) in [4.78, 5) is 26.9. The van der Waals surface area contributed by atoms with Crippen LogP contribution in [-0.2, 0) is 6.42 Å². The van der Waals surface area contributed by atoms with Gasteiger partial charge >= 0.3 is 0 Å². The number of amides is 1. The zero-order valence-corrected chi connectivity index (χ0v) is 13.0. The number of thiophene rings is 1. The van der Waals surface area contributed by atoms with Crippen molar-refractivity contribution < 1.29 is 9.59 Å². The van der Waals surface area contributed by atoms with Crippen LogP contribution >= 0.6 is 27.3 Å². The number of nitrogens with zero attached hydrogens (tertiary/aromatic N) is 1. The SMILES string of the molecule is O=C(CN1CCc2ccccc2C1=O)c1ccc(Br)s1. The van der Waals surface area contributed by atoms with Gasteiger partial charge in [0.2, 0.25) is 0 Å². The van der Waals surface area contributed by atoms with Crippen molar-refractivity contribution in [3.05, 3.63) is 56.2 Å². The molecule has 0 bridgehead atoms. The lowest BCUT2D eigenvalue weighted by molar-refractivity contribution is 0.0697. The number of rotatable bonds is 3. The Hall–Kier alpha value is -1.46. The van der Waals surface area contributed by atoms with E-state index in [-0.39, 0.29) is 18.2 Å². The predicted molar refractivity (Wildman–Crippen MR) is 82.4 cm³/mol. The lowest BCUT2D eigenvalue weighted by Gasteiger charge is -2.27. The van der Waals surface area contributed by atoms with E-state index in [2.05, 4.69) is 15.9 Å². The summed E-state index contributed by atoms with van der Waals surface area (Å²) < 4.78 is 0.927. The number of ketones is 1. The predicted octanol–water partition coefficient (Wildman–Crippen LogP) is 3.39. The monoisotopic (exact) mass is 349 g/mol. The number of hydrogen-bond donors (Lipinski definition) is 0. The molecule has 0 N–H and O–H groups in total. The van der Waals surface area contributed by atoms with Crippen LogP contribution in [0.4, 0.5) is 0 Å². The lowest BCUT2D eigenvalue weighted by atomic mass is 9.99. The van der Waals surface area contributed by atoms with Crippen LogP contribution in [0.15, 0.2) is 40.2 Å². The van der Waals surface area contributed by atoms with E-state index >= 15 is 0 Å². The Balaban J connectivity index is 1.77. The summed E-state index contributed by atoms with van der Waals surface area (Å²) in [6, 6.07) is 11.2. The summed E-state index contributed by atoms with van der Waals surface area (Å²) in [7, 11) is 0. The highest BCUT2D eigenvalue weighted by atomic mass is 79.9. The molecule has 3 nitrogen and oxygen atoms in total. The first-order valence-electron chi connectivity index (χ1n) is 6.31. The van der Waals surface area contributed by atoms with Crippen LogP contribution in [0.25, 0.3) is 0 Å². The minimum Gasteiger partial charge on any atom is -0.331 e. The molecule has 1 aliphatic rings. The zero-order chi connectivity index (χ0) is 14.1. The Kier molecular flexibility index (Phi) is 3.72. The molecule has 0 saturated carbocycles. The molecule has 1 aliphatic heterocycles. The first kappa shape index (κ1) is 13.5. The fraction of sp³-hybridized carbons (Fsp3) is 0.200. The topological polar surface area (TPSA) is 37.4 Å². The van der Waals surface area contributed by atoms with Crippen molar-refractivity contribution in [2.45, 2.75) is 6.42 Å². The number of carbonyl (C=O) groups excluding carboxylic acids is 2. The van der Waals surface area contributed by atoms with E-state index in [1.54, 1.807) is 11.0 Å². The molecule has 102 valence electrons. The molecule has 0 spiro atoms. The van der Waals surface area contributed by atoms with E-state index in [1.807, 2.05) is 30.3 Å². The molecule has 0 fully saturated rings. The summed E-state index contributed by atoms with van der Waals surface area (Å²) in [6.45, 7) is 0.758. The maximum atomic E-state index is 12.4. The van der Waals surface area contributed by atoms with E-state index in [0.29, 0.717) is 11.4 Å². The van der Waals surface area contributed by atoms with E-state index < -0.39 is 0 Å². The second kappa shape index (κ2) is 5.50. The molecular weight excluding hydrogens is 338 g/mol. The minimum absolute atomic E-state index is 0.00608. The van der Waals surface area contributed by atoms with Crippen molar-refractivity contribution in [2.24, 2.45) is 0 Å². The average molecular weight is 350 g/mol. The Morgan fingerprint density at radius 3 is 2.80 bits per heavy atom. The summed E-state index contributed by atoms with van der Waals surface area (Å²) in [5.74, 6) is -0.0516. The van der Waals surface area contributed by atoms with Crippen molar-refractivity contribution in [3.63, 3.8) is 0 Å². The summed E-state index contributed by atoms with van der Waals surface area (Å²) in [5.41, 5.74) is 1.79. The maximum Gasteiger partial charge on any atom is 0.254 e. The molecule has 1 amide bonds. The fourth-order valence-electron chi connectivity index (χ4n) is 2.34. The van der Waals surface area contributed by atoms with Crippen molar-refractivity contribution >= 4 is 39.0 Å². The molecule has 2 aromatic rings. The van der Waals surface area contributed by atoms with Gasteiger partial charge in [0, 0.05) is 12.1 Å². The van der Waals surface area contributed by atoms with E-state index in [4.69, 9.17) is 0 Å². The highest BCUT2D eigenvalue weighted by molar-refractivity contribution is 9.11. The zero-order valence-electron chi connectivity index (χ0n) is 10.6. The van der Waals surface area contributed by atoms with Gasteiger partial charge < -0.3 is 4.90 Å². The third-order valence-corrected chi connectivity index (χ3v) is 5.03. The molecule has 0 aliphatic carbocycles. The quantitative estimate of drug-likeness (QED) is 0.796. The molecule has 3 rings (SSSR count). The molecule has 0 atom stereocenters. The van der Waals surface area contributed by atoms with Crippen molar-refractivity contribution in [2.75, 3.05) is 13.1 Å². The number of benzene rings is 1. The van der Waals surface area contributed by atoms with E-state index in [1.165, 1.54) is 11.3 Å². The maximum absolute atomic E-state index is 12.4. The number of halogens is 1. The van der Waals surface area contributed by atoms with Crippen LogP contribution in [0.2, 0.25) is 0 Å². The van der Waals surface area contributed by atoms with Crippen molar-refractivity contribution in [1.29, 1.82) is 0 Å². The van der Waals surface area contributed by atoms with Gasteiger partial charge in [-0.2, -0.15) is 0 Å². The standard InChI is InChI=1S/C15H12BrNO2S/c16-14-6-5-13(20-14)12(18)9-17-8-7-10-3-1-2-4-11(10)15(17)19/h1-6H,7-9H2. The molecule has 20 heavy (non-hydrogen) atoms. The highest BCUT2D eigenvalue weighted by Gasteiger charge is 2.26. The highest BCUT2D eigenvalue weighted by Crippen LogP contribution is 2.24. The van der Waals surface area contributed by atoms with Crippen LogP contribution in [0.5, 0.6) is 0 Å². The minimum atomic E-state index is -0.0455. The summed E-state index contributed by atoms with van der Waals surface area (Å²) >= 11 is 4.75. The summed E-state index contributed by atoms with van der Waals surface area (Å²) in [6.07, 6.45) is 0.809. The van der Waals surface area contributed by atoms with Crippen LogP contribution in [0, 0.1) is 0 Å². The van der Waals surface area contributed by atoms with Crippen molar-refractivity contribution in [1.82, 2.24) is 4.90 Å². The van der Waals surface area contributed by atoms with Crippen molar-refractivity contribution in [3.8, 4) is 0 Å². The smallest absolute Gasteiger partial charge is 0.254 e. The van der Waals surface area contributed by atoms with Crippen LogP contribution < -0.4 is 0 Å². The first-order valence-corrected chi connectivity index (χ1v) is 7.92. The van der Waals surface area contributed by atoms with Gasteiger partial charge in [-0.3, -0.25) is 9.59 Å². The molecular formula is C15H12BrNO2S. The van der Waals surface area contributed by atoms with E-state index in [0.717, 1.165) is 21.3 Å². The van der Waals surface area contributed by atoms with E-state index in [9.17, 15) is 9.59 Å². The number of Topliss-reactive ketones (excluding diaryl/α,β-unsaturated/α-hetero) is 1. The molecule has 0 radical (unpaired) electrons. The molecule has 1 aromatic heterocycles. The second-order valence-electron chi connectivity index (χ2n) is 4.66. The van der Waals surface area contributed by atoms with Gasteiger partial charge in [-0.1, -0.05) is 18.2 Å². The van der Waals surface area contributed by atoms with Gasteiger partial charge in [0.25, 0.3) is 5.91 Å². The van der Waals surface area contributed by atoms with Gasteiger partial charge in [-0.15, -0.1) is 11.3 Å². The molecule has 1 aromatic carbocycles. The normalized spacial score (nSPS) is 14.2. The van der Waals surface area contributed by atoms with Gasteiger partial charge in [0.1, 0.15) is 0 Å². The largest absolute Gasteiger partial charge is 0.331 e. The van der Waals surface area contributed by atoms with Gasteiger partial charge in [0.15, 0.2) is 5.78 Å².